The van der Waals surface area contributed by atoms with Crippen molar-refractivity contribution in [3.8, 4) is 0 Å². The van der Waals surface area contributed by atoms with Gasteiger partial charge in [-0.25, -0.2) is 0 Å². The van der Waals surface area contributed by atoms with Crippen molar-refractivity contribution in [1.82, 2.24) is 20.1 Å². The van der Waals surface area contributed by atoms with Crippen LogP contribution in [-0.2, 0) is 17.4 Å². The molecule has 3 rings (SSSR count). The number of aromatic nitrogens is 3. The van der Waals surface area contributed by atoms with Crippen LogP contribution in [0.2, 0.25) is 0 Å². The maximum absolute atomic E-state index is 12.6. The van der Waals surface area contributed by atoms with Gasteiger partial charge in [0.25, 0.3) is 0 Å². The lowest BCUT2D eigenvalue weighted by Gasteiger charge is -2.34. The molecule has 10 heteroatoms. The van der Waals surface area contributed by atoms with Gasteiger partial charge in [-0.15, -0.1) is 10.2 Å². The Morgan fingerprint density at radius 2 is 1.96 bits per heavy atom. The van der Waals surface area contributed by atoms with Crippen LogP contribution < -0.4 is 4.90 Å². The Labute approximate surface area is 139 Å². The summed E-state index contributed by atoms with van der Waals surface area (Å²) in [5, 5.41) is 6.08. The van der Waals surface area contributed by atoms with Crippen molar-refractivity contribution in [3.05, 3.63) is 35.1 Å². The number of carbonyl (C=O) groups is 1. The minimum absolute atomic E-state index is 0.0177. The predicted octanol–water partition coefficient (Wildman–Crippen LogP) is 1.84. The zero-order valence-electron chi connectivity index (χ0n) is 12.5. The van der Waals surface area contributed by atoms with Gasteiger partial charge < -0.3 is 9.80 Å². The molecule has 1 amide bonds. The van der Waals surface area contributed by atoms with Gasteiger partial charge in [0.1, 0.15) is 0 Å². The van der Waals surface area contributed by atoms with Crippen molar-refractivity contribution in [1.29, 1.82) is 0 Å². The number of anilines is 1. The molecule has 0 spiro atoms. The SMILES string of the molecule is O=C(Cc1cccnc1)N1CCN(c2nnc(C(F)(F)F)s2)CC1. The second kappa shape index (κ2) is 6.71. The highest BCUT2D eigenvalue weighted by molar-refractivity contribution is 7.15. The number of halogens is 3. The molecule has 6 nitrogen and oxygen atoms in total. The van der Waals surface area contributed by atoms with E-state index in [2.05, 4.69) is 15.2 Å². The van der Waals surface area contributed by atoms with Crippen LogP contribution in [0.15, 0.2) is 24.5 Å². The van der Waals surface area contributed by atoms with E-state index in [1.165, 1.54) is 0 Å². The summed E-state index contributed by atoms with van der Waals surface area (Å²) in [6, 6.07) is 3.61. The van der Waals surface area contributed by atoms with E-state index in [1.54, 1.807) is 28.3 Å². The fourth-order valence-electron chi connectivity index (χ4n) is 2.39. The molecule has 1 saturated heterocycles. The van der Waals surface area contributed by atoms with E-state index < -0.39 is 11.2 Å². The first-order valence-corrected chi connectivity index (χ1v) is 8.07. The van der Waals surface area contributed by atoms with Crippen LogP contribution in [0.1, 0.15) is 10.6 Å². The smallest absolute Gasteiger partial charge is 0.343 e. The first-order chi connectivity index (χ1) is 11.4. The average molecular weight is 357 g/mol. The van der Waals surface area contributed by atoms with Crippen LogP contribution >= 0.6 is 11.3 Å². The van der Waals surface area contributed by atoms with Crippen molar-refractivity contribution >= 4 is 22.4 Å². The Morgan fingerprint density at radius 1 is 1.21 bits per heavy atom. The number of piperazine rings is 1. The summed E-state index contributed by atoms with van der Waals surface area (Å²) in [6.07, 6.45) is -0.916. The highest BCUT2D eigenvalue weighted by Crippen LogP contribution is 2.34. The van der Waals surface area contributed by atoms with Gasteiger partial charge in [0.2, 0.25) is 16.0 Å². The van der Waals surface area contributed by atoms with Gasteiger partial charge in [-0.2, -0.15) is 13.2 Å². The number of carbonyl (C=O) groups excluding carboxylic acids is 1. The van der Waals surface area contributed by atoms with Crippen LogP contribution in [0.25, 0.3) is 0 Å². The number of pyridine rings is 1. The van der Waals surface area contributed by atoms with E-state index in [4.69, 9.17) is 0 Å². The van der Waals surface area contributed by atoms with Gasteiger partial charge in [-0.3, -0.25) is 9.78 Å². The van der Waals surface area contributed by atoms with Crippen molar-refractivity contribution in [2.45, 2.75) is 12.6 Å². The van der Waals surface area contributed by atoms with E-state index in [-0.39, 0.29) is 17.5 Å². The van der Waals surface area contributed by atoms with Gasteiger partial charge in [0, 0.05) is 38.6 Å². The molecular weight excluding hydrogens is 343 g/mol. The Morgan fingerprint density at radius 3 is 2.54 bits per heavy atom. The van der Waals surface area contributed by atoms with E-state index in [1.807, 2.05) is 6.07 Å². The molecule has 0 bridgehead atoms. The Bertz CT molecular complexity index is 698. The van der Waals surface area contributed by atoms with Crippen LogP contribution in [-0.4, -0.2) is 52.2 Å². The number of amides is 1. The van der Waals surface area contributed by atoms with Gasteiger partial charge in [0.05, 0.1) is 6.42 Å². The molecule has 24 heavy (non-hydrogen) atoms. The summed E-state index contributed by atoms with van der Waals surface area (Å²) in [4.78, 5) is 19.7. The maximum Gasteiger partial charge on any atom is 0.445 e. The Kier molecular flexibility index (Phi) is 4.65. The Balaban J connectivity index is 1.56. The van der Waals surface area contributed by atoms with E-state index in [0.29, 0.717) is 37.5 Å². The fourth-order valence-corrected chi connectivity index (χ4v) is 3.16. The van der Waals surface area contributed by atoms with Gasteiger partial charge in [0.15, 0.2) is 0 Å². The molecule has 128 valence electrons. The quantitative estimate of drug-likeness (QED) is 0.839. The van der Waals surface area contributed by atoms with Crippen molar-refractivity contribution in [2.75, 3.05) is 31.1 Å². The minimum Gasteiger partial charge on any atom is -0.343 e. The molecule has 1 aliphatic rings. The molecule has 1 aliphatic heterocycles. The zero-order valence-corrected chi connectivity index (χ0v) is 13.3. The van der Waals surface area contributed by atoms with Crippen molar-refractivity contribution in [2.24, 2.45) is 0 Å². The first-order valence-electron chi connectivity index (χ1n) is 7.26. The number of nitrogens with zero attached hydrogens (tertiary/aromatic N) is 5. The van der Waals surface area contributed by atoms with Crippen LogP contribution in [0.3, 0.4) is 0 Å². The molecule has 3 heterocycles. The summed E-state index contributed by atoms with van der Waals surface area (Å²) in [5.41, 5.74) is 0.837. The maximum atomic E-state index is 12.6. The lowest BCUT2D eigenvalue weighted by atomic mass is 10.2. The highest BCUT2D eigenvalue weighted by atomic mass is 32.1. The van der Waals surface area contributed by atoms with Crippen molar-refractivity contribution < 1.29 is 18.0 Å². The molecule has 0 atom stereocenters. The van der Waals surface area contributed by atoms with Gasteiger partial charge in [-0.05, 0) is 11.6 Å². The fraction of sp³-hybridized carbons (Fsp3) is 0.429. The summed E-state index contributed by atoms with van der Waals surface area (Å²) >= 11 is 0.526. The lowest BCUT2D eigenvalue weighted by molar-refractivity contribution is -0.138. The summed E-state index contributed by atoms with van der Waals surface area (Å²) in [7, 11) is 0. The third kappa shape index (κ3) is 3.81. The minimum atomic E-state index is -4.47. The second-order valence-corrected chi connectivity index (χ2v) is 6.25. The molecule has 0 N–H and O–H groups in total. The first kappa shape index (κ1) is 16.6. The molecule has 0 aliphatic carbocycles. The summed E-state index contributed by atoms with van der Waals surface area (Å²) < 4.78 is 37.7. The highest BCUT2D eigenvalue weighted by Gasteiger charge is 2.36. The molecule has 0 saturated carbocycles. The number of hydrogen-bond acceptors (Lipinski definition) is 6. The van der Waals surface area contributed by atoms with Crippen LogP contribution in [0, 0.1) is 0 Å². The molecule has 1 fully saturated rings. The normalized spacial score (nSPS) is 15.6. The van der Waals surface area contributed by atoms with Gasteiger partial charge >= 0.3 is 6.18 Å². The van der Waals surface area contributed by atoms with Crippen LogP contribution in [0.4, 0.5) is 18.3 Å². The molecular formula is C14H14F3N5OS. The molecule has 0 unspecified atom stereocenters. The third-order valence-corrected chi connectivity index (χ3v) is 4.67. The lowest BCUT2D eigenvalue weighted by Crippen LogP contribution is -2.49. The monoisotopic (exact) mass is 357 g/mol. The van der Waals surface area contributed by atoms with Crippen molar-refractivity contribution in [3.63, 3.8) is 0 Å². The standard InChI is InChI=1S/C14H14F3N5OS/c15-14(16,17)12-19-20-13(24-12)22-6-4-21(5-7-22)11(23)8-10-2-1-3-18-9-10/h1-3,9H,4-8H2. The third-order valence-electron chi connectivity index (χ3n) is 3.64. The molecule has 2 aromatic rings. The van der Waals surface area contributed by atoms with E-state index >= 15 is 0 Å². The number of alkyl halides is 3. The molecule has 0 radical (unpaired) electrons. The van der Waals surface area contributed by atoms with E-state index in [0.717, 1.165) is 5.56 Å². The van der Waals surface area contributed by atoms with E-state index in [9.17, 15) is 18.0 Å². The van der Waals surface area contributed by atoms with Gasteiger partial charge in [-0.1, -0.05) is 17.4 Å². The number of rotatable bonds is 3. The van der Waals surface area contributed by atoms with Crippen LogP contribution in [0.5, 0.6) is 0 Å². The largest absolute Gasteiger partial charge is 0.445 e. The zero-order chi connectivity index (χ0) is 17.2. The average Bonchev–Trinajstić information content (AvgIpc) is 3.06. The molecule has 2 aromatic heterocycles. The number of hydrogen-bond donors (Lipinski definition) is 0. The summed E-state index contributed by atoms with van der Waals surface area (Å²) in [6.45, 7) is 1.76. The summed E-state index contributed by atoms with van der Waals surface area (Å²) in [5.74, 6) is -0.0177. The topological polar surface area (TPSA) is 62.2 Å². The molecule has 0 aromatic carbocycles. The Hall–Kier alpha value is -2.23. The second-order valence-electron chi connectivity index (χ2n) is 5.29. The predicted molar refractivity (Wildman–Crippen MR) is 81.6 cm³/mol.